The zero-order valence-corrected chi connectivity index (χ0v) is 17.5. The number of fused-ring (bicyclic) bond motifs is 1. The third kappa shape index (κ3) is 6.23. The molecule has 2 aromatic carbocycles. The second kappa shape index (κ2) is 10.9. The molecule has 0 saturated heterocycles. The van der Waals surface area contributed by atoms with Crippen molar-refractivity contribution in [3.05, 3.63) is 59.7 Å². The molecule has 2 aromatic rings. The van der Waals surface area contributed by atoms with Crippen molar-refractivity contribution in [2.45, 2.75) is 39.2 Å². The van der Waals surface area contributed by atoms with Crippen molar-refractivity contribution < 1.29 is 14.3 Å². The normalized spacial score (nSPS) is 13.9. The Morgan fingerprint density at radius 2 is 1.72 bits per heavy atom. The van der Waals surface area contributed by atoms with E-state index >= 15 is 0 Å². The number of likely N-dealkylation sites (N-methyl/N-ethyl adjacent to an activating group) is 1. The topological polar surface area (TPSA) is 50.8 Å². The predicted octanol–water partition coefficient (Wildman–Crippen LogP) is 3.46. The van der Waals surface area contributed by atoms with Crippen LogP contribution in [-0.4, -0.2) is 49.7 Å². The molecule has 0 bridgehead atoms. The van der Waals surface area contributed by atoms with E-state index in [1.165, 1.54) is 5.56 Å². The first-order valence-electron chi connectivity index (χ1n) is 10.6. The minimum Gasteiger partial charge on any atom is -0.486 e. The quantitative estimate of drug-likeness (QED) is 0.668. The van der Waals surface area contributed by atoms with Crippen LogP contribution in [0, 0.1) is 0 Å². The Morgan fingerprint density at radius 1 is 1.00 bits per heavy atom. The number of aryl methyl sites for hydroxylation is 1. The van der Waals surface area contributed by atoms with Gasteiger partial charge in [-0.15, -0.1) is 0 Å². The molecule has 0 saturated carbocycles. The van der Waals surface area contributed by atoms with Gasteiger partial charge in [0.2, 0.25) is 5.91 Å². The van der Waals surface area contributed by atoms with Gasteiger partial charge in [0.15, 0.2) is 11.5 Å². The minimum atomic E-state index is 0.0881. The summed E-state index contributed by atoms with van der Waals surface area (Å²) in [7, 11) is 0. The Balaban J connectivity index is 1.51. The summed E-state index contributed by atoms with van der Waals surface area (Å²) in [5.74, 6) is 1.65. The summed E-state index contributed by atoms with van der Waals surface area (Å²) in [6.45, 7) is 8.12. The highest BCUT2D eigenvalue weighted by molar-refractivity contribution is 5.76. The number of rotatable bonds is 10. The van der Waals surface area contributed by atoms with Gasteiger partial charge in [-0.05, 0) is 49.2 Å². The number of benzene rings is 2. The van der Waals surface area contributed by atoms with Crippen LogP contribution in [-0.2, 0) is 17.6 Å². The van der Waals surface area contributed by atoms with E-state index in [9.17, 15) is 4.79 Å². The molecule has 0 radical (unpaired) electrons. The lowest BCUT2D eigenvalue weighted by atomic mass is 10.0. The molecule has 29 heavy (non-hydrogen) atoms. The fourth-order valence-electron chi connectivity index (χ4n) is 3.78. The van der Waals surface area contributed by atoms with Crippen LogP contribution in [0.1, 0.15) is 31.4 Å². The van der Waals surface area contributed by atoms with Crippen LogP contribution in [0.4, 0.5) is 0 Å². The smallest absolute Gasteiger partial charge is 0.220 e. The van der Waals surface area contributed by atoms with Crippen molar-refractivity contribution in [1.29, 1.82) is 0 Å². The Kier molecular flexibility index (Phi) is 7.94. The maximum atomic E-state index is 12.5. The Hall–Kier alpha value is -2.53. The Labute approximate surface area is 174 Å². The van der Waals surface area contributed by atoms with E-state index in [0.29, 0.717) is 38.6 Å². The van der Waals surface area contributed by atoms with Gasteiger partial charge in [0, 0.05) is 19.0 Å². The fourth-order valence-corrected chi connectivity index (χ4v) is 3.78. The molecule has 1 N–H and O–H groups in total. The molecule has 1 amide bonds. The van der Waals surface area contributed by atoms with Crippen LogP contribution < -0.4 is 14.8 Å². The third-order valence-corrected chi connectivity index (χ3v) is 5.43. The number of nitrogens with zero attached hydrogens (tertiary/aromatic N) is 1. The number of hydrogen-bond acceptors (Lipinski definition) is 4. The molecule has 3 rings (SSSR count). The number of carbonyl (C=O) groups is 1. The molecule has 0 fully saturated rings. The molecule has 0 aliphatic carbocycles. The first-order valence-corrected chi connectivity index (χ1v) is 10.6. The van der Waals surface area contributed by atoms with E-state index < -0.39 is 0 Å². The molecule has 5 heteroatoms. The second-order valence-corrected chi connectivity index (χ2v) is 7.35. The van der Waals surface area contributed by atoms with E-state index in [1.54, 1.807) is 0 Å². The second-order valence-electron chi connectivity index (χ2n) is 7.35. The molecule has 5 nitrogen and oxygen atoms in total. The van der Waals surface area contributed by atoms with Gasteiger partial charge >= 0.3 is 0 Å². The molecule has 1 atom stereocenters. The number of hydrogen-bond donors (Lipinski definition) is 1. The summed E-state index contributed by atoms with van der Waals surface area (Å²) in [6.07, 6.45) is 2.10. The number of amides is 1. The average molecular weight is 397 g/mol. The Bertz CT molecular complexity index is 775. The highest BCUT2D eigenvalue weighted by Crippen LogP contribution is 2.31. The van der Waals surface area contributed by atoms with Crippen LogP contribution in [0.25, 0.3) is 0 Å². The zero-order valence-electron chi connectivity index (χ0n) is 17.5. The van der Waals surface area contributed by atoms with Gasteiger partial charge in [-0.25, -0.2) is 0 Å². The molecule has 1 heterocycles. The fraction of sp³-hybridized carbons (Fsp3) is 0.458. The lowest BCUT2D eigenvalue weighted by Gasteiger charge is -2.30. The molecule has 1 aliphatic heterocycles. The van der Waals surface area contributed by atoms with Crippen molar-refractivity contribution in [2.24, 2.45) is 0 Å². The van der Waals surface area contributed by atoms with E-state index in [1.807, 2.05) is 24.3 Å². The highest BCUT2D eigenvalue weighted by Gasteiger charge is 2.18. The molecule has 0 aromatic heterocycles. The molecule has 0 spiro atoms. The van der Waals surface area contributed by atoms with Gasteiger partial charge in [0.25, 0.3) is 0 Å². The summed E-state index contributed by atoms with van der Waals surface area (Å²) in [5.41, 5.74) is 2.39. The maximum absolute atomic E-state index is 12.5. The average Bonchev–Trinajstić information content (AvgIpc) is 2.77. The van der Waals surface area contributed by atoms with Crippen molar-refractivity contribution in [2.75, 3.05) is 32.8 Å². The molecular formula is C24H32N2O3. The number of nitrogens with one attached hydrogen (secondary N) is 1. The Morgan fingerprint density at radius 3 is 2.45 bits per heavy atom. The lowest BCUT2D eigenvalue weighted by Crippen LogP contribution is -2.45. The van der Waals surface area contributed by atoms with Gasteiger partial charge in [0.05, 0.1) is 0 Å². The minimum absolute atomic E-state index is 0.0881. The van der Waals surface area contributed by atoms with Crippen LogP contribution in [0.3, 0.4) is 0 Å². The largest absolute Gasteiger partial charge is 0.486 e. The van der Waals surface area contributed by atoms with Crippen molar-refractivity contribution in [3.63, 3.8) is 0 Å². The first-order chi connectivity index (χ1) is 14.2. The molecular weight excluding hydrogens is 364 g/mol. The third-order valence-electron chi connectivity index (χ3n) is 5.43. The van der Waals surface area contributed by atoms with E-state index in [4.69, 9.17) is 9.47 Å². The number of ether oxygens (including phenoxy) is 2. The van der Waals surface area contributed by atoms with Crippen LogP contribution >= 0.6 is 0 Å². The lowest BCUT2D eigenvalue weighted by molar-refractivity contribution is -0.121. The molecule has 1 aliphatic rings. The first kappa shape index (κ1) is 21.2. The van der Waals surface area contributed by atoms with Crippen LogP contribution in [0.5, 0.6) is 11.5 Å². The SMILES string of the molecule is CCN(CC)C(CNC(=O)CCc1ccc2c(c1)OCCO2)Cc1ccccc1. The predicted molar refractivity (Wildman–Crippen MR) is 116 cm³/mol. The van der Waals surface area contributed by atoms with E-state index in [-0.39, 0.29) is 5.91 Å². The van der Waals surface area contributed by atoms with E-state index in [2.05, 4.69) is 48.3 Å². The van der Waals surface area contributed by atoms with Gasteiger partial charge in [-0.3, -0.25) is 9.69 Å². The zero-order chi connectivity index (χ0) is 20.5. The highest BCUT2D eigenvalue weighted by atomic mass is 16.6. The van der Waals surface area contributed by atoms with Crippen molar-refractivity contribution in [3.8, 4) is 11.5 Å². The van der Waals surface area contributed by atoms with Crippen molar-refractivity contribution >= 4 is 5.91 Å². The molecule has 1 unspecified atom stereocenters. The monoisotopic (exact) mass is 396 g/mol. The summed E-state index contributed by atoms with van der Waals surface area (Å²) in [4.78, 5) is 14.9. The van der Waals surface area contributed by atoms with Gasteiger partial charge in [-0.1, -0.05) is 50.2 Å². The summed E-state index contributed by atoms with van der Waals surface area (Å²) >= 11 is 0. The van der Waals surface area contributed by atoms with Crippen molar-refractivity contribution in [1.82, 2.24) is 10.2 Å². The van der Waals surface area contributed by atoms with Gasteiger partial charge < -0.3 is 14.8 Å². The van der Waals surface area contributed by atoms with Gasteiger partial charge in [-0.2, -0.15) is 0 Å². The standard InChI is InChI=1S/C24H32N2O3/c1-3-26(4-2)21(16-19-8-6-5-7-9-19)18-25-24(27)13-11-20-10-12-22-23(17-20)29-15-14-28-22/h5-10,12,17,21H,3-4,11,13-16,18H2,1-2H3,(H,25,27). The molecule has 156 valence electrons. The van der Waals surface area contributed by atoms with Crippen LogP contribution in [0.15, 0.2) is 48.5 Å². The maximum Gasteiger partial charge on any atom is 0.220 e. The summed E-state index contributed by atoms with van der Waals surface area (Å²) < 4.78 is 11.2. The van der Waals surface area contributed by atoms with E-state index in [0.717, 1.165) is 36.6 Å². The summed E-state index contributed by atoms with van der Waals surface area (Å²) in [6, 6.07) is 16.7. The number of carbonyl (C=O) groups excluding carboxylic acids is 1. The van der Waals surface area contributed by atoms with Crippen LogP contribution in [0.2, 0.25) is 0 Å². The van der Waals surface area contributed by atoms with Gasteiger partial charge in [0.1, 0.15) is 13.2 Å². The summed E-state index contributed by atoms with van der Waals surface area (Å²) in [5, 5.41) is 3.15.